The fourth-order valence-electron chi connectivity index (χ4n) is 0.963. The van der Waals surface area contributed by atoms with Crippen molar-refractivity contribution >= 4 is 0 Å². The molecule has 60 valence electrons. The minimum atomic E-state index is 0.475. The van der Waals surface area contributed by atoms with Gasteiger partial charge in [0.15, 0.2) is 0 Å². The molecule has 1 heteroatoms. The van der Waals surface area contributed by atoms with Gasteiger partial charge in [0, 0.05) is 6.42 Å². The predicted octanol–water partition coefficient (Wildman–Crippen LogP) is 3.12. The number of hydrogen-bond acceptors (Lipinski definition) is 1. The molecule has 1 aliphatic rings. The molecule has 1 atom stereocenters. The van der Waals surface area contributed by atoms with E-state index in [1.54, 1.807) is 0 Å². The van der Waals surface area contributed by atoms with Crippen molar-refractivity contribution in [1.29, 1.82) is 0 Å². The molecule has 1 fully saturated rings. The summed E-state index contributed by atoms with van der Waals surface area (Å²) in [5.41, 5.74) is 0. The number of hydrogen-bond donors (Lipinski definition) is 0. The third-order valence-corrected chi connectivity index (χ3v) is 1.53. The van der Waals surface area contributed by atoms with Crippen LogP contribution in [0.1, 0.15) is 40.0 Å². The van der Waals surface area contributed by atoms with Crippen LogP contribution in [0.2, 0.25) is 0 Å². The summed E-state index contributed by atoms with van der Waals surface area (Å²) in [5.74, 6) is 0.969. The molecule has 1 heterocycles. The Kier molecular flexibility index (Phi) is 5.09. The van der Waals surface area contributed by atoms with E-state index in [4.69, 9.17) is 4.74 Å². The van der Waals surface area contributed by atoms with Gasteiger partial charge < -0.3 is 4.74 Å². The van der Waals surface area contributed by atoms with Gasteiger partial charge in [0.2, 0.25) is 0 Å². The van der Waals surface area contributed by atoms with E-state index in [1.807, 2.05) is 13.8 Å². The van der Waals surface area contributed by atoms with E-state index in [9.17, 15) is 0 Å². The number of allylic oxidation sites excluding steroid dienone is 1. The Labute approximate surface area is 64.1 Å². The average Bonchev–Trinajstić information content (AvgIpc) is 2.40. The standard InChI is InChI=1S/C7H12O.C2H6/c1-3-7-5-4-6(2)8-7;1-2/h7H,2-5H2,1H3;1-2H3. The van der Waals surface area contributed by atoms with Crippen LogP contribution < -0.4 is 0 Å². The normalized spacial score (nSPS) is 23.1. The SMILES string of the molecule is C=C1CCC(CC)O1.CC. The molecule has 0 bridgehead atoms. The van der Waals surface area contributed by atoms with E-state index >= 15 is 0 Å². The first-order valence-electron chi connectivity index (χ1n) is 4.17. The Morgan fingerprint density at radius 3 is 2.40 bits per heavy atom. The Balaban J connectivity index is 0.000000371. The van der Waals surface area contributed by atoms with E-state index in [0.717, 1.165) is 18.6 Å². The molecule has 1 unspecified atom stereocenters. The lowest BCUT2D eigenvalue weighted by molar-refractivity contribution is 0.158. The summed E-state index contributed by atoms with van der Waals surface area (Å²) in [5, 5.41) is 0. The van der Waals surface area contributed by atoms with Gasteiger partial charge in [0.25, 0.3) is 0 Å². The zero-order valence-electron chi connectivity index (χ0n) is 7.31. The van der Waals surface area contributed by atoms with E-state index in [-0.39, 0.29) is 0 Å². The third-order valence-electron chi connectivity index (χ3n) is 1.53. The molecular formula is C9H18O. The van der Waals surface area contributed by atoms with Gasteiger partial charge in [-0.05, 0) is 12.8 Å². The number of ether oxygens (including phenoxy) is 1. The van der Waals surface area contributed by atoms with Crippen LogP contribution in [0.3, 0.4) is 0 Å². The summed E-state index contributed by atoms with van der Waals surface area (Å²) in [7, 11) is 0. The summed E-state index contributed by atoms with van der Waals surface area (Å²) < 4.78 is 5.32. The molecule has 0 radical (unpaired) electrons. The minimum Gasteiger partial charge on any atom is -0.495 e. The molecule has 0 aromatic carbocycles. The summed E-state index contributed by atoms with van der Waals surface area (Å²) >= 11 is 0. The highest BCUT2D eigenvalue weighted by molar-refractivity contribution is 4.90. The third kappa shape index (κ3) is 2.90. The van der Waals surface area contributed by atoms with Crippen molar-refractivity contribution in [2.75, 3.05) is 0 Å². The second kappa shape index (κ2) is 5.33. The number of rotatable bonds is 1. The first kappa shape index (κ1) is 9.54. The molecule has 1 aliphatic heterocycles. The average molecular weight is 142 g/mol. The van der Waals surface area contributed by atoms with Gasteiger partial charge >= 0.3 is 0 Å². The van der Waals surface area contributed by atoms with Crippen molar-refractivity contribution in [2.24, 2.45) is 0 Å². The van der Waals surface area contributed by atoms with Gasteiger partial charge in [-0.2, -0.15) is 0 Å². The van der Waals surface area contributed by atoms with Crippen molar-refractivity contribution < 1.29 is 4.74 Å². The zero-order valence-corrected chi connectivity index (χ0v) is 7.31. The van der Waals surface area contributed by atoms with Gasteiger partial charge in [0.1, 0.15) is 0 Å². The van der Waals surface area contributed by atoms with Crippen LogP contribution in [0.15, 0.2) is 12.3 Å². The fraction of sp³-hybridized carbons (Fsp3) is 0.778. The van der Waals surface area contributed by atoms with Crippen molar-refractivity contribution in [3.8, 4) is 0 Å². The van der Waals surface area contributed by atoms with Gasteiger partial charge in [-0.3, -0.25) is 0 Å². The molecule has 0 N–H and O–H groups in total. The van der Waals surface area contributed by atoms with Crippen LogP contribution in [0.4, 0.5) is 0 Å². The van der Waals surface area contributed by atoms with Crippen LogP contribution in [0, 0.1) is 0 Å². The van der Waals surface area contributed by atoms with E-state index in [1.165, 1.54) is 6.42 Å². The lowest BCUT2D eigenvalue weighted by atomic mass is 10.2. The predicted molar refractivity (Wildman–Crippen MR) is 44.9 cm³/mol. The quantitative estimate of drug-likeness (QED) is 0.546. The molecule has 1 saturated heterocycles. The van der Waals surface area contributed by atoms with Crippen LogP contribution in [-0.4, -0.2) is 6.10 Å². The second-order valence-electron chi connectivity index (χ2n) is 2.23. The van der Waals surface area contributed by atoms with Crippen molar-refractivity contribution in [2.45, 2.75) is 46.1 Å². The molecule has 0 aromatic heterocycles. The summed E-state index contributed by atoms with van der Waals surface area (Å²) in [4.78, 5) is 0. The highest BCUT2D eigenvalue weighted by Gasteiger charge is 2.15. The van der Waals surface area contributed by atoms with Crippen molar-refractivity contribution in [3.05, 3.63) is 12.3 Å². The van der Waals surface area contributed by atoms with Crippen molar-refractivity contribution in [3.63, 3.8) is 0 Å². The lowest BCUT2D eigenvalue weighted by Crippen LogP contribution is -1.99. The first-order valence-corrected chi connectivity index (χ1v) is 4.17. The zero-order chi connectivity index (χ0) is 7.98. The lowest BCUT2D eigenvalue weighted by Gasteiger charge is -2.04. The maximum absolute atomic E-state index is 5.32. The highest BCUT2D eigenvalue weighted by Crippen LogP contribution is 2.22. The Morgan fingerprint density at radius 2 is 2.20 bits per heavy atom. The maximum atomic E-state index is 5.32. The monoisotopic (exact) mass is 142 g/mol. The first-order chi connectivity index (χ1) is 4.83. The Morgan fingerprint density at radius 1 is 1.60 bits per heavy atom. The Hall–Kier alpha value is -0.460. The van der Waals surface area contributed by atoms with E-state index in [2.05, 4.69) is 13.5 Å². The highest BCUT2D eigenvalue weighted by atomic mass is 16.5. The van der Waals surface area contributed by atoms with Gasteiger partial charge in [0.05, 0.1) is 11.9 Å². The van der Waals surface area contributed by atoms with Gasteiger partial charge in [-0.15, -0.1) is 0 Å². The summed E-state index contributed by atoms with van der Waals surface area (Å²) in [6.07, 6.45) is 3.84. The Bertz CT molecular complexity index is 96.9. The molecule has 10 heavy (non-hydrogen) atoms. The molecule has 0 aliphatic carbocycles. The van der Waals surface area contributed by atoms with Gasteiger partial charge in [-0.1, -0.05) is 27.4 Å². The van der Waals surface area contributed by atoms with E-state index < -0.39 is 0 Å². The van der Waals surface area contributed by atoms with Crippen LogP contribution in [0.25, 0.3) is 0 Å². The minimum absolute atomic E-state index is 0.475. The van der Waals surface area contributed by atoms with Gasteiger partial charge in [-0.25, -0.2) is 0 Å². The summed E-state index contributed by atoms with van der Waals surface area (Å²) in [6, 6.07) is 0. The molecular weight excluding hydrogens is 124 g/mol. The molecule has 0 aromatic rings. The van der Waals surface area contributed by atoms with E-state index in [0.29, 0.717) is 6.10 Å². The molecule has 1 nitrogen and oxygen atoms in total. The smallest absolute Gasteiger partial charge is 0.0983 e. The second-order valence-corrected chi connectivity index (χ2v) is 2.23. The molecule has 0 saturated carbocycles. The van der Waals surface area contributed by atoms with Crippen LogP contribution in [-0.2, 0) is 4.74 Å². The summed E-state index contributed by atoms with van der Waals surface area (Å²) in [6.45, 7) is 9.87. The molecule has 0 amide bonds. The largest absolute Gasteiger partial charge is 0.495 e. The molecule has 0 spiro atoms. The van der Waals surface area contributed by atoms with Crippen LogP contribution in [0.5, 0.6) is 0 Å². The van der Waals surface area contributed by atoms with Crippen LogP contribution >= 0.6 is 0 Å². The topological polar surface area (TPSA) is 9.23 Å². The van der Waals surface area contributed by atoms with Crippen molar-refractivity contribution in [1.82, 2.24) is 0 Å². The fourth-order valence-corrected chi connectivity index (χ4v) is 0.963. The maximum Gasteiger partial charge on any atom is 0.0983 e. The molecule has 1 rings (SSSR count).